The maximum absolute atomic E-state index is 12.6. The molecule has 1 aliphatic rings. The van der Waals surface area contributed by atoms with Gasteiger partial charge in [-0.2, -0.15) is 0 Å². The van der Waals surface area contributed by atoms with E-state index in [0.717, 1.165) is 31.2 Å². The van der Waals surface area contributed by atoms with Gasteiger partial charge in [-0.25, -0.2) is 4.79 Å². The molecule has 0 saturated heterocycles. The Kier molecular flexibility index (Phi) is 9.43. The van der Waals surface area contributed by atoms with Crippen molar-refractivity contribution in [3.05, 3.63) is 71.3 Å². The Balaban J connectivity index is 1.25. The molecule has 0 fully saturated rings. The Morgan fingerprint density at radius 2 is 1.40 bits per heavy atom. The van der Waals surface area contributed by atoms with Crippen LogP contribution in [0.25, 0.3) is 0 Å². The Hall–Kier alpha value is -3.19. The number of ether oxygens (including phenoxy) is 2. The average Bonchev–Trinajstić information content (AvgIpc) is 3.08. The highest BCUT2D eigenvalue weighted by Gasteiger charge is 2.34. The molecule has 3 rings (SSSR count). The number of benzene rings is 2. The van der Waals surface area contributed by atoms with E-state index in [1.807, 2.05) is 51.1 Å². The molecule has 0 N–H and O–H groups in total. The van der Waals surface area contributed by atoms with Crippen molar-refractivity contribution in [2.75, 3.05) is 26.4 Å². The SMILES string of the molecule is CC(C)(C)N(Cc1ccccc1)C(=O)OCCOCCCCCCN1C(=O)c2ccccc2C1=O. The van der Waals surface area contributed by atoms with Crippen LogP contribution in [0.3, 0.4) is 0 Å². The highest BCUT2D eigenvalue weighted by Crippen LogP contribution is 2.23. The Labute approximate surface area is 208 Å². The maximum Gasteiger partial charge on any atom is 0.410 e. The van der Waals surface area contributed by atoms with E-state index in [9.17, 15) is 14.4 Å². The number of carbonyl (C=O) groups excluding carboxylic acids is 3. The first kappa shape index (κ1) is 26.4. The molecule has 1 heterocycles. The monoisotopic (exact) mass is 480 g/mol. The molecule has 0 atom stereocenters. The van der Waals surface area contributed by atoms with Gasteiger partial charge in [-0.15, -0.1) is 0 Å². The second kappa shape index (κ2) is 12.5. The van der Waals surface area contributed by atoms with Gasteiger partial charge >= 0.3 is 6.09 Å². The number of rotatable bonds is 12. The molecule has 0 spiro atoms. The lowest BCUT2D eigenvalue weighted by molar-refractivity contribution is 0.0343. The first-order valence-electron chi connectivity index (χ1n) is 12.3. The zero-order valence-electron chi connectivity index (χ0n) is 21.0. The summed E-state index contributed by atoms with van der Waals surface area (Å²) in [6, 6.07) is 16.8. The molecule has 0 bridgehead atoms. The molecule has 3 amide bonds. The molecule has 2 aromatic carbocycles. The van der Waals surface area contributed by atoms with Gasteiger partial charge in [0.15, 0.2) is 0 Å². The third-order valence-electron chi connectivity index (χ3n) is 5.97. The summed E-state index contributed by atoms with van der Waals surface area (Å²) in [5.41, 5.74) is 1.69. The van der Waals surface area contributed by atoms with Crippen molar-refractivity contribution in [2.45, 2.75) is 58.5 Å². The molecule has 0 unspecified atom stereocenters. The number of unbranched alkanes of at least 4 members (excludes halogenated alkanes) is 3. The number of fused-ring (bicyclic) bond motifs is 1. The van der Waals surface area contributed by atoms with Crippen LogP contribution in [-0.4, -0.2) is 59.6 Å². The third-order valence-corrected chi connectivity index (χ3v) is 5.97. The van der Waals surface area contributed by atoms with Crippen LogP contribution in [-0.2, 0) is 16.0 Å². The first-order valence-corrected chi connectivity index (χ1v) is 12.3. The van der Waals surface area contributed by atoms with Crippen LogP contribution in [0.15, 0.2) is 54.6 Å². The molecule has 7 heteroatoms. The van der Waals surface area contributed by atoms with Crippen molar-refractivity contribution in [2.24, 2.45) is 0 Å². The molecular formula is C28H36N2O5. The minimum atomic E-state index is -0.360. The van der Waals surface area contributed by atoms with Crippen molar-refractivity contribution in [1.82, 2.24) is 9.80 Å². The molecule has 35 heavy (non-hydrogen) atoms. The molecule has 0 saturated carbocycles. The number of amides is 3. The van der Waals surface area contributed by atoms with Gasteiger partial charge < -0.3 is 9.47 Å². The van der Waals surface area contributed by atoms with E-state index >= 15 is 0 Å². The van der Waals surface area contributed by atoms with Crippen molar-refractivity contribution in [3.63, 3.8) is 0 Å². The van der Waals surface area contributed by atoms with Gasteiger partial charge in [0, 0.05) is 25.2 Å². The van der Waals surface area contributed by atoms with Gasteiger partial charge in [0.1, 0.15) is 6.61 Å². The van der Waals surface area contributed by atoms with Gasteiger partial charge in [0.25, 0.3) is 11.8 Å². The largest absolute Gasteiger partial charge is 0.447 e. The van der Waals surface area contributed by atoms with E-state index in [4.69, 9.17) is 9.47 Å². The normalized spacial score (nSPS) is 13.2. The predicted octanol–water partition coefficient (Wildman–Crippen LogP) is 5.30. The van der Waals surface area contributed by atoms with E-state index in [0.29, 0.717) is 37.4 Å². The van der Waals surface area contributed by atoms with Crippen LogP contribution >= 0.6 is 0 Å². The van der Waals surface area contributed by atoms with Gasteiger partial charge in [-0.05, 0) is 51.3 Å². The van der Waals surface area contributed by atoms with Crippen LogP contribution in [0.5, 0.6) is 0 Å². The zero-order chi connectivity index (χ0) is 25.3. The maximum atomic E-state index is 12.6. The summed E-state index contributed by atoms with van der Waals surface area (Å²) in [6.07, 6.45) is 3.15. The predicted molar refractivity (Wildman–Crippen MR) is 134 cm³/mol. The number of hydrogen-bond donors (Lipinski definition) is 0. The van der Waals surface area contributed by atoms with Gasteiger partial charge in [-0.1, -0.05) is 55.3 Å². The molecule has 7 nitrogen and oxygen atoms in total. The first-order chi connectivity index (χ1) is 16.8. The summed E-state index contributed by atoms with van der Waals surface area (Å²) < 4.78 is 11.1. The lowest BCUT2D eigenvalue weighted by Crippen LogP contribution is -2.45. The van der Waals surface area contributed by atoms with E-state index in [-0.39, 0.29) is 30.1 Å². The van der Waals surface area contributed by atoms with Crippen molar-refractivity contribution >= 4 is 17.9 Å². The smallest absolute Gasteiger partial charge is 0.410 e. The summed E-state index contributed by atoms with van der Waals surface area (Å²) in [6.45, 7) is 8.04. The quantitative estimate of drug-likeness (QED) is 0.304. The van der Waals surface area contributed by atoms with Crippen LogP contribution in [0, 0.1) is 0 Å². The number of imide groups is 1. The molecular weight excluding hydrogens is 444 g/mol. The van der Waals surface area contributed by atoms with Crippen molar-refractivity contribution < 1.29 is 23.9 Å². The fraction of sp³-hybridized carbons (Fsp3) is 0.464. The molecule has 0 aromatic heterocycles. The topological polar surface area (TPSA) is 76.2 Å². The van der Waals surface area contributed by atoms with E-state index in [1.165, 1.54) is 4.90 Å². The minimum absolute atomic E-state index is 0.197. The summed E-state index contributed by atoms with van der Waals surface area (Å²) >= 11 is 0. The second-order valence-electron chi connectivity index (χ2n) is 9.69. The lowest BCUT2D eigenvalue weighted by atomic mass is 10.1. The molecule has 0 aliphatic carbocycles. The van der Waals surface area contributed by atoms with Gasteiger partial charge in [0.2, 0.25) is 0 Å². The minimum Gasteiger partial charge on any atom is -0.447 e. The number of carbonyl (C=O) groups is 3. The highest BCUT2D eigenvalue weighted by molar-refractivity contribution is 6.21. The highest BCUT2D eigenvalue weighted by atomic mass is 16.6. The summed E-state index contributed by atoms with van der Waals surface area (Å²) in [5, 5.41) is 0. The van der Waals surface area contributed by atoms with E-state index < -0.39 is 0 Å². The fourth-order valence-electron chi connectivity index (χ4n) is 3.98. The van der Waals surface area contributed by atoms with Crippen LogP contribution in [0.2, 0.25) is 0 Å². The Bertz CT molecular complexity index is 965. The van der Waals surface area contributed by atoms with Gasteiger partial charge in [0.05, 0.1) is 17.7 Å². The average molecular weight is 481 g/mol. The van der Waals surface area contributed by atoms with E-state index in [1.54, 1.807) is 29.2 Å². The second-order valence-corrected chi connectivity index (χ2v) is 9.69. The fourth-order valence-corrected chi connectivity index (χ4v) is 3.98. The summed E-state index contributed by atoms with van der Waals surface area (Å²) in [7, 11) is 0. The summed E-state index contributed by atoms with van der Waals surface area (Å²) in [4.78, 5) is 40.4. The van der Waals surface area contributed by atoms with Crippen molar-refractivity contribution in [3.8, 4) is 0 Å². The van der Waals surface area contributed by atoms with Gasteiger partial charge in [-0.3, -0.25) is 19.4 Å². The number of hydrogen-bond acceptors (Lipinski definition) is 5. The summed E-state index contributed by atoms with van der Waals surface area (Å²) in [5.74, 6) is -0.394. The standard InChI is InChI=1S/C28H36N2O5/c1-28(2,3)30(21-22-13-7-6-8-14-22)27(33)35-20-19-34-18-12-5-4-11-17-29-25(31)23-15-9-10-16-24(23)26(29)32/h6-10,13-16H,4-5,11-12,17-21H2,1-3H3. The molecule has 0 radical (unpaired) electrons. The van der Waals surface area contributed by atoms with E-state index in [2.05, 4.69) is 0 Å². The van der Waals surface area contributed by atoms with Crippen molar-refractivity contribution in [1.29, 1.82) is 0 Å². The van der Waals surface area contributed by atoms with Crippen LogP contribution < -0.4 is 0 Å². The number of nitrogens with zero attached hydrogens (tertiary/aromatic N) is 2. The van der Waals surface area contributed by atoms with Crippen LogP contribution in [0.1, 0.15) is 72.7 Å². The Morgan fingerprint density at radius 3 is 2.03 bits per heavy atom. The molecule has 2 aromatic rings. The van der Waals surface area contributed by atoms with Crippen LogP contribution in [0.4, 0.5) is 4.79 Å². The zero-order valence-corrected chi connectivity index (χ0v) is 21.0. The molecule has 1 aliphatic heterocycles. The molecule has 188 valence electrons. The Morgan fingerprint density at radius 1 is 0.800 bits per heavy atom. The third kappa shape index (κ3) is 7.39. The lowest BCUT2D eigenvalue weighted by Gasteiger charge is -2.34.